The Morgan fingerprint density at radius 1 is 1.44 bits per heavy atom. The number of anilines is 1. The van der Waals surface area contributed by atoms with Crippen LogP contribution in [0.15, 0.2) is 18.3 Å². The van der Waals surface area contributed by atoms with Crippen LogP contribution < -0.4 is 5.32 Å². The van der Waals surface area contributed by atoms with Crippen molar-refractivity contribution < 1.29 is 9.59 Å². The molecule has 96 valence electrons. The van der Waals surface area contributed by atoms with Gasteiger partial charge in [-0.2, -0.15) is 0 Å². The molecule has 1 aromatic rings. The molecule has 1 N–H and O–H groups in total. The lowest BCUT2D eigenvalue weighted by Crippen LogP contribution is -2.42. The number of carbonyl (C=O) groups is 2. The van der Waals surface area contributed by atoms with Crippen LogP contribution in [0.5, 0.6) is 0 Å². The zero-order valence-electron chi connectivity index (χ0n) is 10.6. The fourth-order valence-electron chi connectivity index (χ4n) is 2.17. The van der Waals surface area contributed by atoms with Gasteiger partial charge in [0.15, 0.2) is 0 Å². The molecule has 0 aliphatic carbocycles. The van der Waals surface area contributed by atoms with Crippen LogP contribution in [0.3, 0.4) is 0 Å². The van der Waals surface area contributed by atoms with Crippen LogP contribution in [0.4, 0.5) is 5.82 Å². The molecule has 2 heterocycles. The van der Waals surface area contributed by atoms with E-state index in [4.69, 9.17) is 0 Å². The van der Waals surface area contributed by atoms with Gasteiger partial charge >= 0.3 is 0 Å². The van der Waals surface area contributed by atoms with E-state index >= 15 is 0 Å². The van der Waals surface area contributed by atoms with Gasteiger partial charge < -0.3 is 10.2 Å². The minimum atomic E-state index is -0.356. The van der Waals surface area contributed by atoms with E-state index in [2.05, 4.69) is 10.3 Å². The average molecular weight is 247 g/mol. The van der Waals surface area contributed by atoms with Crippen molar-refractivity contribution >= 4 is 17.6 Å². The number of rotatable bonds is 2. The fourth-order valence-corrected chi connectivity index (χ4v) is 2.17. The molecule has 2 rings (SSSR count). The van der Waals surface area contributed by atoms with Crippen LogP contribution >= 0.6 is 0 Å². The van der Waals surface area contributed by atoms with Crippen LogP contribution in [0, 0.1) is 6.92 Å². The summed E-state index contributed by atoms with van der Waals surface area (Å²) in [4.78, 5) is 29.2. The Labute approximate surface area is 106 Å². The van der Waals surface area contributed by atoms with Crippen LogP contribution in [0.2, 0.25) is 0 Å². The summed E-state index contributed by atoms with van der Waals surface area (Å²) < 4.78 is 0. The molecule has 1 aliphatic rings. The van der Waals surface area contributed by atoms with E-state index in [-0.39, 0.29) is 17.9 Å². The highest BCUT2D eigenvalue weighted by Gasteiger charge is 2.32. The van der Waals surface area contributed by atoms with Gasteiger partial charge in [-0.15, -0.1) is 0 Å². The van der Waals surface area contributed by atoms with Crippen molar-refractivity contribution in [2.75, 3.05) is 11.9 Å². The summed E-state index contributed by atoms with van der Waals surface area (Å²) in [6.45, 7) is 4.09. The minimum Gasteiger partial charge on any atom is -0.331 e. The van der Waals surface area contributed by atoms with E-state index in [1.54, 1.807) is 17.2 Å². The van der Waals surface area contributed by atoms with Gasteiger partial charge in [-0.1, -0.05) is 6.07 Å². The van der Waals surface area contributed by atoms with Crippen molar-refractivity contribution in [3.63, 3.8) is 0 Å². The summed E-state index contributed by atoms with van der Waals surface area (Å²) in [5.41, 5.74) is 1.04. The quantitative estimate of drug-likeness (QED) is 0.857. The van der Waals surface area contributed by atoms with Crippen molar-refractivity contribution in [1.29, 1.82) is 0 Å². The first-order valence-electron chi connectivity index (χ1n) is 6.08. The lowest BCUT2D eigenvalue weighted by molar-refractivity contribution is -0.134. The molecule has 0 aromatic carbocycles. The third-order valence-corrected chi connectivity index (χ3v) is 3.12. The molecule has 5 heteroatoms. The SMILES string of the molecule is CC(=O)N1CCCC1C(=O)Nc1ccc(C)cn1. The van der Waals surface area contributed by atoms with Gasteiger partial charge in [0.2, 0.25) is 11.8 Å². The minimum absolute atomic E-state index is 0.0514. The Bertz CT molecular complexity index is 456. The second-order valence-electron chi connectivity index (χ2n) is 4.58. The number of likely N-dealkylation sites (tertiary alicyclic amines) is 1. The second kappa shape index (κ2) is 5.16. The predicted molar refractivity (Wildman–Crippen MR) is 68.0 cm³/mol. The summed E-state index contributed by atoms with van der Waals surface area (Å²) in [6, 6.07) is 3.30. The number of nitrogens with one attached hydrogen (secondary N) is 1. The van der Waals surface area contributed by atoms with Gasteiger partial charge in [0.05, 0.1) is 0 Å². The third-order valence-electron chi connectivity index (χ3n) is 3.12. The van der Waals surface area contributed by atoms with E-state index in [0.717, 1.165) is 18.4 Å². The monoisotopic (exact) mass is 247 g/mol. The fraction of sp³-hybridized carbons (Fsp3) is 0.462. The Morgan fingerprint density at radius 3 is 2.83 bits per heavy atom. The molecule has 0 spiro atoms. The lowest BCUT2D eigenvalue weighted by atomic mass is 10.2. The first-order chi connectivity index (χ1) is 8.58. The maximum Gasteiger partial charge on any atom is 0.248 e. The summed E-state index contributed by atoms with van der Waals surface area (Å²) >= 11 is 0. The topological polar surface area (TPSA) is 62.3 Å². The highest BCUT2D eigenvalue weighted by molar-refractivity contribution is 5.96. The number of amides is 2. The maximum atomic E-state index is 12.1. The van der Waals surface area contributed by atoms with Gasteiger partial charge in [-0.05, 0) is 31.4 Å². The predicted octanol–water partition coefficient (Wildman–Crippen LogP) is 1.34. The number of hydrogen-bond acceptors (Lipinski definition) is 3. The first kappa shape index (κ1) is 12.5. The van der Waals surface area contributed by atoms with E-state index < -0.39 is 0 Å². The van der Waals surface area contributed by atoms with Gasteiger partial charge in [0.25, 0.3) is 0 Å². The molecule has 0 saturated carbocycles. The van der Waals surface area contributed by atoms with Crippen molar-refractivity contribution in [1.82, 2.24) is 9.88 Å². The molecule has 2 amide bonds. The molecule has 0 radical (unpaired) electrons. The van der Waals surface area contributed by atoms with Crippen LogP contribution in [0.25, 0.3) is 0 Å². The van der Waals surface area contributed by atoms with Crippen LogP contribution in [-0.2, 0) is 9.59 Å². The zero-order valence-corrected chi connectivity index (χ0v) is 10.6. The molecule has 1 aromatic heterocycles. The Balaban J connectivity index is 2.03. The van der Waals surface area contributed by atoms with Crippen molar-refractivity contribution in [2.45, 2.75) is 32.7 Å². The highest BCUT2D eigenvalue weighted by atomic mass is 16.2. The van der Waals surface area contributed by atoms with Crippen LogP contribution in [0.1, 0.15) is 25.3 Å². The number of pyridine rings is 1. The van der Waals surface area contributed by atoms with Gasteiger partial charge in [-0.25, -0.2) is 4.98 Å². The van der Waals surface area contributed by atoms with E-state index in [0.29, 0.717) is 12.4 Å². The first-order valence-corrected chi connectivity index (χ1v) is 6.08. The molecule has 0 bridgehead atoms. The van der Waals surface area contributed by atoms with Gasteiger partial charge in [0.1, 0.15) is 11.9 Å². The van der Waals surface area contributed by atoms with E-state index in [1.807, 2.05) is 13.0 Å². The number of carbonyl (C=O) groups excluding carboxylic acids is 2. The van der Waals surface area contributed by atoms with Crippen molar-refractivity contribution in [3.8, 4) is 0 Å². The molecule has 1 unspecified atom stereocenters. The molecule has 5 nitrogen and oxygen atoms in total. The summed E-state index contributed by atoms with van der Waals surface area (Å²) in [5.74, 6) is 0.324. The summed E-state index contributed by atoms with van der Waals surface area (Å²) in [6.07, 6.45) is 3.29. The van der Waals surface area contributed by atoms with Crippen LogP contribution in [-0.4, -0.2) is 34.3 Å². The molecule has 1 atom stereocenters. The number of hydrogen-bond donors (Lipinski definition) is 1. The molecule has 18 heavy (non-hydrogen) atoms. The summed E-state index contributed by atoms with van der Waals surface area (Å²) in [7, 11) is 0. The molecule has 1 fully saturated rings. The smallest absolute Gasteiger partial charge is 0.248 e. The van der Waals surface area contributed by atoms with Gasteiger partial charge in [0, 0.05) is 19.7 Å². The largest absolute Gasteiger partial charge is 0.331 e. The average Bonchev–Trinajstić information content (AvgIpc) is 2.81. The Morgan fingerprint density at radius 2 is 2.22 bits per heavy atom. The molecule has 1 saturated heterocycles. The number of aryl methyl sites for hydroxylation is 1. The van der Waals surface area contributed by atoms with Gasteiger partial charge in [-0.3, -0.25) is 9.59 Å². The molecular weight excluding hydrogens is 230 g/mol. The number of aromatic nitrogens is 1. The normalized spacial score (nSPS) is 18.8. The van der Waals surface area contributed by atoms with E-state index in [1.165, 1.54) is 6.92 Å². The summed E-state index contributed by atoms with van der Waals surface area (Å²) in [5, 5.41) is 2.75. The Hall–Kier alpha value is -1.91. The maximum absolute atomic E-state index is 12.1. The number of nitrogens with zero attached hydrogens (tertiary/aromatic N) is 2. The molecule has 1 aliphatic heterocycles. The zero-order chi connectivity index (χ0) is 13.1. The van der Waals surface area contributed by atoms with Crippen molar-refractivity contribution in [2.24, 2.45) is 0 Å². The Kier molecular flexibility index (Phi) is 3.60. The molecular formula is C13H17N3O2. The van der Waals surface area contributed by atoms with E-state index in [9.17, 15) is 9.59 Å². The second-order valence-corrected chi connectivity index (χ2v) is 4.58. The highest BCUT2D eigenvalue weighted by Crippen LogP contribution is 2.18. The third kappa shape index (κ3) is 2.67. The standard InChI is InChI=1S/C13H17N3O2/c1-9-5-6-12(14-8-9)15-13(18)11-4-3-7-16(11)10(2)17/h5-6,8,11H,3-4,7H2,1-2H3,(H,14,15,18). The van der Waals surface area contributed by atoms with Crippen molar-refractivity contribution in [3.05, 3.63) is 23.9 Å². The lowest BCUT2D eigenvalue weighted by Gasteiger charge is -2.22.